The topological polar surface area (TPSA) is 48.9 Å². The van der Waals surface area contributed by atoms with Gasteiger partial charge in [0.25, 0.3) is 0 Å². The molecule has 0 bridgehead atoms. The van der Waals surface area contributed by atoms with Gasteiger partial charge in [-0.1, -0.05) is 29.8 Å². The number of para-hydroxylation sites is 3. The molecule has 1 aromatic heterocycles. The number of nitrogens with zero attached hydrogens (tertiary/aromatic N) is 1. The maximum Gasteiger partial charge on any atom is 0.145 e. The Kier molecular flexibility index (Phi) is 2.27. The second-order valence-electron chi connectivity index (χ2n) is 3.74. The van der Waals surface area contributed by atoms with E-state index in [2.05, 4.69) is 9.97 Å². The Labute approximate surface area is 103 Å². The van der Waals surface area contributed by atoms with Crippen LogP contribution in [-0.4, -0.2) is 15.1 Å². The molecule has 0 unspecified atom stereocenters. The van der Waals surface area contributed by atoms with Crippen molar-refractivity contribution in [2.24, 2.45) is 0 Å². The average molecular weight is 245 g/mol. The molecule has 0 saturated heterocycles. The van der Waals surface area contributed by atoms with E-state index in [-0.39, 0.29) is 5.75 Å². The van der Waals surface area contributed by atoms with Gasteiger partial charge in [0.1, 0.15) is 11.6 Å². The summed E-state index contributed by atoms with van der Waals surface area (Å²) in [6, 6.07) is 12.9. The molecule has 0 spiro atoms. The van der Waals surface area contributed by atoms with Crippen molar-refractivity contribution >= 4 is 22.6 Å². The molecule has 0 aliphatic heterocycles. The fourth-order valence-corrected chi connectivity index (χ4v) is 1.96. The highest BCUT2D eigenvalue weighted by Crippen LogP contribution is 2.34. The van der Waals surface area contributed by atoms with Gasteiger partial charge in [-0.15, -0.1) is 0 Å². The molecular weight excluding hydrogens is 236 g/mol. The maximum atomic E-state index is 9.88. The zero-order valence-corrected chi connectivity index (χ0v) is 9.57. The highest BCUT2D eigenvalue weighted by molar-refractivity contribution is 6.32. The maximum absolute atomic E-state index is 9.88. The number of aromatic amines is 1. The Balaban J connectivity index is 2.24. The molecule has 0 saturated carbocycles. The van der Waals surface area contributed by atoms with Crippen molar-refractivity contribution in [1.82, 2.24) is 9.97 Å². The number of aromatic nitrogens is 2. The van der Waals surface area contributed by atoms with Gasteiger partial charge in [-0.3, -0.25) is 0 Å². The second kappa shape index (κ2) is 3.79. The van der Waals surface area contributed by atoms with Crippen molar-refractivity contribution in [2.75, 3.05) is 0 Å². The van der Waals surface area contributed by atoms with Gasteiger partial charge in [0.05, 0.1) is 21.6 Å². The van der Waals surface area contributed by atoms with Gasteiger partial charge in [0.2, 0.25) is 0 Å². The minimum atomic E-state index is 0.0493. The molecule has 4 heteroatoms. The highest BCUT2D eigenvalue weighted by Gasteiger charge is 2.11. The molecule has 1 heterocycles. The van der Waals surface area contributed by atoms with Crippen molar-refractivity contribution in [3.63, 3.8) is 0 Å². The predicted octanol–water partition coefficient (Wildman–Crippen LogP) is 3.59. The van der Waals surface area contributed by atoms with Gasteiger partial charge in [-0.2, -0.15) is 0 Å². The van der Waals surface area contributed by atoms with Crippen LogP contribution in [0.25, 0.3) is 22.4 Å². The van der Waals surface area contributed by atoms with Crippen LogP contribution in [-0.2, 0) is 0 Å². The molecule has 2 aromatic carbocycles. The molecule has 3 nitrogen and oxygen atoms in total. The van der Waals surface area contributed by atoms with Crippen LogP contribution in [0.4, 0.5) is 0 Å². The average Bonchev–Trinajstić information content (AvgIpc) is 2.76. The first-order chi connectivity index (χ1) is 8.25. The lowest BCUT2D eigenvalue weighted by Crippen LogP contribution is -1.81. The van der Waals surface area contributed by atoms with E-state index >= 15 is 0 Å². The number of H-pyrrole nitrogens is 1. The van der Waals surface area contributed by atoms with Crippen molar-refractivity contribution in [3.05, 3.63) is 47.5 Å². The number of nitrogens with one attached hydrogen (secondary N) is 1. The summed E-state index contributed by atoms with van der Waals surface area (Å²) >= 11 is 5.87. The Hall–Kier alpha value is -2.00. The molecule has 0 aliphatic carbocycles. The van der Waals surface area contributed by atoms with Crippen molar-refractivity contribution in [3.8, 4) is 17.1 Å². The first-order valence-corrected chi connectivity index (χ1v) is 5.56. The highest BCUT2D eigenvalue weighted by atomic mass is 35.5. The molecule has 0 fully saturated rings. The van der Waals surface area contributed by atoms with Crippen LogP contribution < -0.4 is 0 Å². The number of fused-ring (bicyclic) bond motifs is 1. The zero-order valence-electron chi connectivity index (χ0n) is 8.81. The van der Waals surface area contributed by atoms with Gasteiger partial charge in [-0.05, 0) is 24.3 Å². The number of aromatic hydroxyl groups is 1. The number of halogens is 1. The van der Waals surface area contributed by atoms with E-state index in [4.69, 9.17) is 11.6 Å². The van der Waals surface area contributed by atoms with Crippen molar-refractivity contribution in [2.45, 2.75) is 0 Å². The molecule has 0 amide bonds. The second-order valence-corrected chi connectivity index (χ2v) is 4.15. The first-order valence-electron chi connectivity index (χ1n) is 5.18. The smallest absolute Gasteiger partial charge is 0.145 e. The first kappa shape index (κ1) is 10.2. The lowest BCUT2D eigenvalue weighted by molar-refractivity contribution is 0.477. The van der Waals surface area contributed by atoms with E-state index in [0.717, 1.165) is 11.0 Å². The van der Waals surface area contributed by atoms with Crippen molar-refractivity contribution in [1.29, 1.82) is 0 Å². The SMILES string of the molecule is Oc1c(Cl)cccc1-c1nc2ccccc2[nH]1. The van der Waals surface area contributed by atoms with Crippen LogP contribution in [0, 0.1) is 0 Å². The molecule has 84 valence electrons. The third kappa shape index (κ3) is 1.65. The third-order valence-corrected chi connectivity index (χ3v) is 2.94. The van der Waals surface area contributed by atoms with E-state index in [1.54, 1.807) is 18.2 Å². The number of rotatable bonds is 1. The summed E-state index contributed by atoms with van der Waals surface area (Å²) in [7, 11) is 0. The summed E-state index contributed by atoms with van der Waals surface area (Å²) in [6.45, 7) is 0. The molecular formula is C13H9ClN2O. The fraction of sp³-hybridized carbons (Fsp3) is 0. The van der Waals surface area contributed by atoms with Crippen LogP contribution in [0.5, 0.6) is 5.75 Å². The van der Waals surface area contributed by atoms with Gasteiger partial charge in [-0.25, -0.2) is 4.98 Å². The van der Waals surface area contributed by atoms with Crippen LogP contribution in [0.2, 0.25) is 5.02 Å². The molecule has 3 aromatic rings. The van der Waals surface area contributed by atoms with Crippen molar-refractivity contribution < 1.29 is 5.11 Å². The summed E-state index contributed by atoms with van der Waals surface area (Å²) in [6.07, 6.45) is 0. The number of benzene rings is 2. The Morgan fingerprint density at radius 2 is 1.88 bits per heavy atom. The predicted molar refractivity (Wildman–Crippen MR) is 68.2 cm³/mol. The Bertz CT molecular complexity index is 658. The lowest BCUT2D eigenvalue weighted by atomic mass is 10.2. The quantitative estimate of drug-likeness (QED) is 0.687. The van der Waals surface area contributed by atoms with E-state index < -0.39 is 0 Å². The standard InChI is InChI=1S/C13H9ClN2O/c14-9-5-3-4-8(12(9)17)13-15-10-6-1-2-7-11(10)16-13/h1-7,17H,(H,15,16). The molecule has 0 aliphatic rings. The van der Waals surface area contributed by atoms with Crippen LogP contribution in [0.3, 0.4) is 0 Å². The normalized spacial score (nSPS) is 10.9. The minimum Gasteiger partial charge on any atom is -0.506 e. The molecule has 2 N–H and O–H groups in total. The van der Waals surface area contributed by atoms with Gasteiger partial charge in [0.15, 0.2) is 0 Å². The lowest BCUT2D eigenvalue weighted by Gasteiger charge is -2.01. The monoisotopic (exact) mass is 244 g/mol. The number of phenolic OH excluding ortho intramolecular Hbond substituents is 1. The largest absolute Gasteiger partial charge is 0.506 e. The zero-order chi connectivity index (χ0) is 11.8. The van der Waals surface area contributed by atoms with E-state index in [9.17, 15) is 5.11 Å². The third-order valence-electron chi connectivity index (χ3n) is 2.63. The minimum absolute atomic E-state index is 0.0493. The van der Waals surface area contributed by atoms with Crippen LogP contribution in [0.15, 0.2) is 42.5 Å². The van der Waals surface area contributed by atoms with Crippen LogP contribution in [0.1, 0.15) is 0 Å². The summed E-state index contributed by atoms with van der Waals surface area (Å²) in [5.41, 5.74) is 2.40. The van der Waals surface area contributed by atoms with Gasteiger partial charge < -0.3 is 10.1 Å². The Morgan fingerprint density at radius 3 is 2.71 bits per heavy atom. The summed E-state index contributed by atoms with van der Waals surface area (Å²) in [5, 5.41) is 10.2. The summed E-state index contributed by atoms with van der Waals surface area (Å²) in [5.74, 6) is 0.666. The molecule has 17 heavy (non-hydrogen) atoms. The molecule has 0 radical (unpaired) electrons. The number of imidazole rings is 1. The van der Waals surface area contributed by atoms with E-state index in [1.807, 2.05) is 24.3 Å². The molecule has 0 atom stereocenters. The van der Waals surface area contributed by atoms with E-state index in [0.29, 0.717) is 16.4 Å². The van der Waals surface area contributed by atoms with Gasteiger partial charge >= 0.3 is 0 Å². The Morgan fingerprint density at radius 1 is 1.06 bits per heavy atom. The summed E-state index contributed by atoms with van der Waals surface area (Å²) < 4.78 is 0. The van der Waals surface area contributed by atoms with E-state index in [1.165, 1.54) is 0 Å². The number of hydrogen-bond donors (Lipinski definition) is 2. The van der Waals surface area contributed by atoms with Crippen LogP contribution >= 0.6 is 11.6 Å². The fourth-order valence-electron chi connectivity index (χ4n) is 1.79. The van der Waals surface area contributed by atoms with Gasteiger partial charge in [0, 0.05) is 0 Å². The number of phenols is 1. The number of hydrogen-bond acceptors (Lipinski definition) is 2. The summed E-state index contributed by atoms with van der Waals surface area (Å²) in [4.78, 5) is 7.56. The molecule has 3 rings (SSSR count).